The Morgan fingerprint density at radius 2 is 2.25 bits per heavy atom. The van der Waals surface area contributed by atoms with Crippen molar-refractivity contribution in [3.63, 3.8) is 0 Å². The van der Waals surface area contributed by atoms with Gasteiger partial charge in [0.2, 0.25) is 0 Å². The van der Waals surface area contributed by atoms with E-state index in [1.807, 2.05) is 0 Å². The van der Waals surface area contributed by atoms with Crippen molar-refractivity contribution in [2.24, 2.45) is 5.73 Å². The Morgan fingerprint density at radius 3 is 2.50 bits per heavy atom. The molecule has 0 spiro atoms. The lowest BCUT2D eigenvalue weighted by molar-refractivity contribution is 0.101. The van der Waals surface area contributed by atoms with Crippen LogP contribution >= 0.6 is 0 Å². The van der Waals surface area contributed by atoms with E-state index in [4.69, 9.17) is 10.5 Å². The van der Waals surface area contributed by atoms with Crippen LogP contribution in [0.15, 0.2) is 0 Å². The normalized spacial score (nSPS) is 52.9. The number of nitrogens with two attached hydrogens (primary N) is 1. The van der Waals surface area contributed by atoms with E-state index >= 15 is 0 Å². The molecular weight excluding hydrogens is 102 g/mol. The third-order valence-corrected chi connectivity index (χ3v) is 2.15. The van der Waals surface area contributed by atoms with Gasteiger partial charge in [-0.15, -0.1) is 0 Å². The molecule has 2 saturated heterocycles. The highest BCUT2D eigenvalue weighted by atomic mass is 16.5. The lowest BCUT2D eigenvalue weighted by Crippen LogP contribution is -2.30. The number of ether oxygens (including phenoxy) is 1. The van der Waals surface area contributed by atoms with Gasteiger partial charge in [0.1, 0.15) is 0 Å². The van der Waals surface area contributed by atoms with Gasteiger partial charge < -0.3 is 10.5 Å². The highest BCUT2D eigenvalue weighted by Crippen LogP contribution is 2.32. The summed E-state index contributed by atoms with van der Waals surface area (Å²) >= 11 is 0. The molecule has 0 radical (unpaired) electrons. The van der Waals surface area contributed by atoms with E-state index < -0.39 is 0 Å². The molecule has 8 heavy (non-hydrogen) atoms. The van der Waals surface area contributed by atoms with Crippen LogP contribution in [-0.4, -0.2) is 18.2 Å². The van der Waals surface area contributed by atoms with E-state index in [9.17, 15) is 0 Å². The molecule has 2 heterocycles. The molecule has 2 fully saturated rings. The second-order valence-electron chi connectivity index (χ2n) is 2.77. The van der Waals surface area contributed by atoms with Crippen LogP contribution in [0.2, 0.25) is 0 Å². The smallest absolute Gasteiger partial charge is 0.0731 e. The molecule has 2 bridgehead atoms. The molecule has 0 saturated carbocycles. The summed E-state index contributed by atoms with van der Waals surface area (Å²) in [5.41, 5.74) is 5.69. The van der Waals surface area contributed by atoms with Crippen molar-refractivity contribution < 1.29 is 4.74 Å². The average Bonchev–Trinajstić information content (AvgIpc) is 2.23. The molecule has 2 rings (SSSR count). The summed E-state index contributed by atoms with van der Waals surface area (Å²) in [6.07, 6.45) is 4.49. The molecule has 0 aromatic rings. The minimum Gasteiger partial charge on any atom is -0.373 e. The van der Waals surface area contributed by atoms with Gasteiger partial charge in [-0.1, -0.05) is 0 Å². The minimum atomic E-state index is 0.355. The summed E-state index contributed by atoms with van der Waals surface area (Å²) in [6, 6.07) is 0.355. The van der Waals surface area contributed by atoms with Crippen molar-refractivity contribution in [1.29, 1.82) is 0 Å². The standard InChI is InChI=1S/C6H11NO/c7-5-3-4-1-2-6(5)8-4/h4-6H,1-3,7H2/t4-,5+,6+/m0/s1. The average molecular weight is 113 g/mol. The zero-order valence-corrected chi connectivity index (χ0v) is 4.84. The van der Waals surface area contributed by atoms with Crippen molar-refractivity contribution in [3.8, 4) is 0 Å². The first-order valence-electron chi connectivity index (χ1n) is 3.27. The van der Waals surface area contributed by atoms with Gasteiger partial charge in [-0.3, -0.25) is 0 Å². The summed E-state index contributed by atoms with van der Waals surface area (Å²) in [5.74, 6) is 0. The van der Waals surface area contributed by atoms with E-state index in [0.717, 1.165) is 6.42 Å². The Kier molecular flexibility index (Phi) is 0.866. The van der Waals surface area contributed by atoms with Crippen LogP contribution < -0.4 is 5.73 Å². The van der Waals surface area contributed by atoms with E-state index in [2.05, 4.69) is 0 Å². The molecule has 0 amide bonds. The van der Waals surface area contributed by atoms with Crippen molar-refractivity contribution in [1.82, 2.24) is 0 Å². The van der Waals surface area contributed by atoms with Crippen molar-refractivity contribution in [2.45, 2.75) is 37.5 Å². The van der Waals surface area contributed by atoms with Crippen LogP contribution in [-0.2, 0) is 4.74 Å². The van der Waals surface area contributed by atoms with Crippen LogP contribution in [0, 0.1) is 0 Å². The molecule has 0 aromatic heterocycles. The van der Waals surface area contributed by atoms with E-state index in [0.29, 0.717) is 18.2 Å². The fourth-order valence-electron chi connectivity index (χ4n) is 1.68. The van der Waals surface area contributed by atoms with Crippen LogP contribution in [0.5, 0.6) is 0 Å². The largest absolute Gasteiger partial charge is 0.373 e. The fraction of sp³-hybridized carbons (Fsp3) is 1.00. The second kappa shape index (κ2) is 1.45. The Labute approximate surface area is 49.0 Å². The van der Waals surface area contributed by atoms with Gasteiger partial charge in [0.15, 0.2) is 0 Å². The van der Waals surface area contributed by atoms with Crippen molar-refractivity contribution in [3.05, 3.63) is 0 Å². The predicted octanol–water partition coefficient (Wildman–Crippen LogP) is 0.265. The molecule has 2 nitrogen and oxygen atoms in total. The molecule has 2 aliphatic heterocycles. The van der Waals surface area contributed by atoms with Gasteiger partial charge in [0.05, 0.1) is 12.2 Å². The lowest BCUT2D eigenvalue weighted by Gasteiger charge is -2.11. The molecule has 46 valence electrons. The summed E-state index contributed by atoms with van der Waals surface area (Å²) in [5, 5.41) is 0. The quantitative estimate of drug-likeness (QED) is 0.489. The first-order chi connectivity index (χ1) is 3.86. The summed E-state index contributed by atoms with van der Waals surface area (Å²) in [4.78, 5) is 0. The first-order valence-corrected chi connectivity index (χ1v) is 3.27. The van der Waals surface area contributed by atoms with Gasteiger partial charge in [-0.05, 0) is 19.3 Å². The number of hydrogen-bond acceptors (Lipinski definition) is 2. The Balaban J connectivity index is 2.11. The molecule has 0 aromatic carbocycles. The molecule has 0 aliphatic carbocycles. The van der Waals surface area contributed by atoms with Crippen LogP contribution in [0.4, 0.5) is 0 Å². The lowest BCUT2D eigenvalue weighted by atomic mass is 9.97. The van der Waals surface area contributed by atoms with Crippen molar-refractivity contribution in [2.75, 3.05) is 0 Å². The molecule has 2 heteroatoms. The highest BCUT2D eigenvalue weighted by molar-refractivity contribution is 4.91. The van der Waals surface area contributed by atoms with Crippen LogP contribution in [0.3, 0.4) is 0 Å². The first kappa shape index (κ1) is 4.77. The predicted molar refractivity (Wildman–Crippen MR) is 30.5 cm³/mol. The molecule has 2 aliphatic rings. The second-order valence-corrected chi connectivity index (χ2v) is 2.77. The van der Waals surface area contributed by atoms with Gasteiger partial charge in [0.25, 0.3) is 0 Å². The van der Waals surface area contributed by atoms with Gasteiger partial charge >= 0.3 is 0 Å². The molecule has 2 N–H and O–H groups in total. The van der Waals surface area contributed by atoms with E-state index in [1.165, 1.54) is 12.8 Å². The Morgan fingerprint density at radius 1 is 1.38 bits per heavy atom. The SMILES string of the molecule is N[C@@H]1C[C@@H]2CC[C@H]1O2. The summed E-state index contributed by atoms with van der Waals surface area (Å²) in [7, 11) is 0. The van der Waals surface area contributed by atoms with Gasteiger partial charge in [0, 0.05) is 6.04 Å². The Hall–Kier alpha value is -0.0800. The molecular formula is C6H11NO. The number of hydrogen-bond donors (Lipinski definition) is 1. The maximum Gasteiger partial charge on any atom is 0.0731 e. The topological polar surface area (TPSA) is 35.2 Å². The minimum absolute atomic E-state index is 0.355. The van der Waals surface area contributed by atoms with Gasteiger partial charge in [-0.25, -0.2) is 0 Å². The van der Waals surface area contributed by atoms with Crippen LogP contribution in [0.25, 0.3) is 0 Å². The van der Waals surface area contributed by atoms with E-state index in [1.54, 1.807) is 0 Å². The molecule has 3 atom stereocenters. The third kappa shape index (κ3) is 0.501. The number of fused-ring (bicyclic) bond motifs is 2. The third-order valence-electron chi connectivity index (χ3n) is 2.15. The zero-order chi connectivity index (χ0) is 5.56. The summed E-state index contributed by atoms with van der Waals surface area (Å²) in [6.45, 7) is 0. The summed E-state index contributed by atoms with van der Waals surface area (Å²) < 4.78 is 5.46. The van der Waals surface area contributed by atoms with E-state index in [-0.39, 0.29) is 0 Å². The zero-order valence-electron chi connectivity index (χ0n) is 4.84. The van der Waals surface area contributed by atoms with Gasteiger partial charge in [-0.2, -0.15) is 0 Å². The maximum atomic E-state index is 5.69. The maximum absolute atomic E-state index is 5.69. The monoisotopic (exact) mass is 113 g/mol. The molecule has 0 unspecified atom stereocenters. The Bertz CT molecular complexity index is 103. The highest BCUT2D eigenvalue weighted by Gasteiger charge is 2.38. The van der Waals surface area contributed by atoms with Crippen molar-refractivity contribution >= 4 is 0 Å². The van der Waals surface area contributed by atoms with Crippen LogP contribution in [0.1, 0.15) is 19.3 Å². The fourth-order valence-corrected chi connectivity index (χ4v) is 1.68. The number of rotatable bonds is 0.